The van der Waals surface area contributed by atoms with Crippen molar-refractivity contribution in [3.63, 3.8) is 0 Å². The molecular formula is C14H26N4. The quantitative estimate of drug-likeness (QED) is 0.869. The van der Waals surface area contributed by atoms with Gasteiger partial charge in [0.15, 0.2) is 0 Å². The van der Waals surface area contributed by atoms with Gasteiger partial charge in [0.25, 0.3) is 0 Å². The molecule has 4 heteroatoms. The summed E-state index contributed by atoms with van der Waals surface area (Å²) in [4.78, 5) is 6.48. The topological polar surface area (TPSA) is 33.1 Å². The second kappa shape index (κ2) is 6.23. The van der Waals surface area contributed by atoms with Gasteiger partial charge in [0.2, 0.25) is 5.95 Å². The summed E-state index contributed by atoms with van der Waals surface area (Å²) >= 11 is 0. The average Bonchev–Trinajstić information content (AvgIpc) is 2.73. The fraction of sp³-hybridized carbons (Fsp3) is 0.786. The van der Waals surface area contributed by atoms with Crippen LogP contribution in [0.4, 0.5) is 5.95 Å². The Balaban J connectivity index is 1.79. The highest BCUT2D eigenvalue weighted by Gasteiger charge is 2.13. The van der Waals surface area contributed by atoms with Crippen LogP contribution >= 0.6 is 0 Å². The zero-order chi connectivity index (χ0) is 13.0. The van der Waals surface area contributed by atoms with E-state index < -0.39 is 0 Å². The zero-order valence-corrected chi connectivity index (χ0v) is 11.9. The van der Waals surface area contributed by atoms with Gasteiger partial charge < -0.3 is 14.8 Å². The van der Waals surface area contributed by atoms with E-state index >= 15 is 0 Å². The van der Waals surface area contributed by atoms with Gasteiger partial charge in [-0.1, -0.05) is 19.3 Å². The molecule has 1 aromatic rings. The van der Waals surface area contributed by atoms with Crippen LogP contribution in [0.1, 0.15) is 37.8 Å². The minimum Gasteiger partial charge on any atom is -0.348 e. The number of hydrogen-bond donors (Lipinski definition) is 1. The number of rotatable bonds is 5. The first-order valence-corrected chi connectivity index (χ1v) is 7.07. The molecule has 102 valence electrons. The number of nitrogens with zero attached hydrogens (tertiary/aromatic N) is 3. The van der Waals surface area contributed by atoms with E-state index in [4.69, 9.17) is 0 Å². The Hall–Kier alpha value is -1.03. The summed E-state index contributed by atoms with van der Waals surface area (Å²) in [5, 5.41) is 3.59. The first-order chi connectivity index (χ1) is 8.68. The Kier molecular flexibility index (Phi) is 4.64. The molecule has 1 aliphatic rings. The second-order valence-corrected chi connectivity index (χ2v) is 5.64. The predicted octanol–water partition coefficient (Wildman–Crippen LogP) is 2.16. The van der Waals surface area contributed by atoms with Crippen molar-refractivity contribution in [1.29, 1.82) is 0 Å². The van der Waals surface area contributed by atoms with Crippen molar-refractivity contribution in [1.82, 2.24) is 14.9 Å². The van der Waals surface area contributed by atoms with Crippen LogP contribution in [0.2, 0.25) is 0 Å². The standard InChI is InChI=1S/C14H26N4/c1-17(2)14-16-11-13(18(14)3)10-15-9-12-7-5-4-6-8-12/h11-12,15H,4-10H2,1-3H3. The molecule has 1 fully saturated rings. The molecule has 0 amide bonds. The van der Waals surface area contributed by atoms with Crippen molar-refractivity contribution < 1.29 is 0 Å². The molecule has 4 nitrogen and oxygen atoms in total. The van der Waals surface area contributed by atoms with Crippen molar-refractivity contribution in [2.45, 2.75) is 38.6 Å². The van der Waals surface area contributed by atoms with Gasteiger partial charge in [-0.25, -0.2) is 4.98 Å². The van der Waals surface area contributed by atoms with E-state index in [0.29, 0.717) is 0 Å². The molecule has 0 bridgehead atoms. The zero-order valence-electron chi connectivity index (χ0n) is 11.9. The summed E-state index contributed by atoms with van der Waals surface area (Å²) in [6.07, 6.45) is 9.06. The highest BCUT2D eigenvalue weighted by atomic mass is 15.3. The number of imidazole rings is 1. The fourth-order valence-electron chi connectivity index (χ4n) is 2.81. The van der Waals surface area contributed by atoms with E-state index in [2.05, 4.69) is 21.9 Å². The first-order valence-electron chi connectivity index (χ1n) is 7.07. The Morgan fingerprint density at radius 2 is 2.06 bits per heavy atom. The van der Waals surface area contributed by atoms with Crippen LogP contribution in [-0.2, 0) is 13.6 Å². The van der Waals surface area contributed by atoms with Gasteiger partial charge in [-0.3, -0.25) is 0 Å². The van der Waals surface area contributed by atoms with Gasteiger partial charge in [-0.05, 0) is 25.3 Å². The molecule has 1 heterocycles. The molecule has 1 N–H and O–H groups in total. The van der Waals surface area contributed by atoms with Crippen molar-refractivity contribution >= 4 is 5.95 Å². The van der Waals surface area contributed by atoms with E-state index in [-0.39, 0.29) is 0 Å². The molecule has 0 atom stereocenters. The van der Waals surface area contributed by atoms with Crippen LogP contribution in [0, 0.1) is 5.92 Å². The molecule has 0 saturated heterocycles. The summed E-state index contributed by atoms with van der Waals surface area (Å²) in [7, 11) is 6.14. The Bertz CT molecular complexity index is 364. The van der Waals surface area contributed by atoms with Crippen LogP contribution in [0.25, 0.3) is 0 Å². The number of anilines is 1. The van der Waals surface area contributed by atoms with Crippen LogP contribution in [0.15, 0.2) is 6.20 Å². The molecule has 1 aliphatic carbocycles. The second-order valence-electron chi connectivity index (χ2n) is 5.64. The minimum absolute atomic E-state index is 0.889. The van der Waals surface area contributed by atoms with E-state index in [1.807, 2.05) is 25.2 Å². The summed E-state index contributed by atoms with van der Waals surface area (Å²) in [6.45, 7) is 2.08. The smallest absolute Gasteiger partial charge is 0.204 e. The van der Waals surface area contributed by atoms with Crippen molar-refractivity contribution in [2.24, 2.45) is 13.0 Å². The molecule has 18 heavy (non-hydrogen) atoms. The lowest BCUT2D eigenvalue weighted by Gasteiger charge is -2.21. The Morgan fingerprint density at radius 1 is 1.33 bits per heavy atom. The van der Waals surface area contributed by atoms with Crippen molar-refractivity contribution in [3.8, 4) is 0 Å². The van der Waals surface area contributed by atoms with Crippen molar-refractivity contribution in [3.05, 3.63) is 11.9 Å². The molecule has 0 aliphatic heterocycles. The van der Waals surface area contributed by atoms with E-state index in [1.165, 1.54) is 37.8 Å². The number of aromatic nitrogens is 2. The van der Waals surface area contributed by atoms with Gasteiger partial charge in [-0.2, -0.15) is 0 Å². The normalized spacial score (nSPS) is 17.1. The summed E-state index contributed by atoms with van der Waals surface area (Å²) < 4.78 is 2.16. The largest absolute Gasteiger partial charge is 0.348 e. The Labute approximate surface area is 110 Å². The third kappa shape index (κ3) is 3.25. The van der Waals surface area contributed by atoms with E-state index in [1.54, 1.807) is 0 Å². The van der Waals surface area contributed by atoms with Gasteiger partial charge in [-0.15, -0.1) is 0 Å². The van der Waals surface area contributed by atoms with Gasteiger partial charge in [0.1, 0.15) is 0 Å². The summed E-state index contributed by atoms with van der Waals surface area (Å²) in [5.41, 5.74) is 1.26. The third-order valence-electron chi connectivity index (χ3n) is 3.92. The summed E-state index contributed by atoms with van der Waals surface area (Å²) in [6, 6.07) is 0. The fourth-order valence-corrected chi connectivity index (χ4v) is 2.81. The lowest BCUT2D eigenvalue weighted by atomic mass is 9.89. The molecule has 2 rings (SSSR count). The average molecular weight is 250 g/mol. The van der Waals surface area contributed by atoms with E-state index in [0.717, 1.165) is 25.0 Å². The van der Waals surface area contributed by atoms with Gasteiger partial charge in [0.05, 0.1) is 11.9 Å². The highest BCUT2D eigenvalue weighted by molar-refractivity contribution is 5.30. The van der Waals surface area contributed by atoms with Crippen LogP contribution < -0.4 is 10.2 Å². The van der Waals surface area contributed by atoms with Crippen LogP contribution in [0.5, 0.6) is 0 Å². The Morgan fingerprint density at radius 3 is 2.67 bits per heavy atom. The molecular weight excluding hydrogens is 224 g/mol. The summed E-state index contributed by atoms with van der Waals surface area (Å²) in [5.74, 6) is 1.91. The molecule has 1 aromatic heterocycles. The predicted molar refractivity (Wildman–Crippen MR) is 75.8 cm³/mol. The molecule has 0 radical (unpaired) electrons. The minimum atomic E-state index is 0.889. The van der Waals surface area contributed by atoms with Gasteiger partial charge in [0, 0.05) is 27.7 Å². The third-order valence-corrected chi connectivity index (χ3v) is 3.92. The maximum Gasteiger partial charge on any atom is 0.204 e. The lowest BCUT2D eigenvalue weighted by molar-refractivity contribution is 0.341. The van der Waals surface area contributed by atoms with Gasteiger partial charge >= 0.3 is 0 Å². The SMILES string of the molecule is CN(C)c1ncc(CNCC2CCCCC2)n1C. The maximum absolute atomic E-state index is 4.43. The van der Waals surface area contributed by atoms with Crippen molar-refractivity contribution in [2.75, 3.05) is 25.5 Å². The molecule has 1 saturated carbocycles. The molecule has 0 unspecified atom stereocenters. The van der Waals surface area contributed by atoms with Crippen LogP contribution in [0.3, 0.4) is 0 Å². The maximum atomic E-state index is 4.43. The van der Waals surface area contributed by atoms with E-state index in [9.17, 15) is 0 Å². The van der Waals surface area contributed by atoms with Crippen LogP contribution in [-0.4, -0.2) is 30.2 Å². The first kappa shape index (κ1) is 13.4. The molecule has 0 aromatic carbocycles. The highest BCUT2D eigenvalue weighted by Crippen LogP contribution is 2.22. The monoisotopic (exact) mass is 250 g/mol. The molecule has 0 spiro atoms. The number of hydrogen-bond acceptors (Lipinski definition) is 3. The lowest BCUT2D eigenvalue weighted by Crippen LogP contribution is -2.25. The number of nitrogens with one attached hydrogen (secondary N) is 1.